The van der Waals surface area contributed by atoms with Gasteiger partial charge in [-0.3, -0.25) is 14.9 Å². The lowest BCUT2D eigenvalue weighted by atomic mass is 9.55. The van der Waals surface area contributed by atoms with Gasteiger partial charge in [-0.1, -0.05) is 36.2 Å². The second-order valence-corrected chi connectivity index (χ2v) is 17.9. The van der Waals surface area contributed by atoms with Crippen LogP contribution in [0.4, 0.5) is 5.69 Å². The van der Waals surface area contributed by atoms with Crippen molar-refractivity contribution in [3.63, 3.8) is 0 Å². The summed E-state index contributed by atoms with van der Waals surface area (Å²) in [4.78, 5) is 34.6. The molecule has 1 saturated carbocycles. The SMILES string of the molecule is C=CCOC12Oc3ccc(Oc4ccc(SC)cc4)cc3C3C(CCCCO)C(CCCCO)C=C(C(=NOC)CC1N(Cc1ccc4c(c1)OCO4)C(=O)C=Cc1ccc([N+](=O)[O-])cc1)C32. The summed E-state index contributed by atoms with van der Waals surface area (Å²) in [5.41, 5.74) is 3.79. The molecule has 2 aliphatic carbocycles. The molecule has 0 bridgehead atoms. The summed E-state index contributed by atoms with van der Waals surface area (Å²) in [5.74, 6) is 0.438. The van der Waals surface area contributed by atoms with Crippen LogP contribution in [0.15, 0.2) is 125 Å². The van der Waals surface area contributed by atoms with Gasteiger partial charge in [0.2, 0.25) is 18.5 Å². The van der Waals surface area contributed by atoms with Gasteiger partial charge in [-0.2, -0.15) is 0 Å². The van der Waals surface area contributed by atoms with Crippen LogP contribution in [-0.2, 0) is 20.9 Å². The topological polar surface area (TPSA) is 172 Å². The third-order valence-corrected chi connectivity index (χ3v) is 13.9. The van der Waals surface area contributed by atoms with Gasteiger partial charge >= 0.3 is 0 Å². The molecule has 1 amide bonds. The number of non-ortho nitro benzene ring substituents is 1. The van der Waals surface area contributed by atoms with Gasteiger partial charge in [0.1, 0.15) is 30.4 Å². The summed E-state index contributed by atoms with van der Waals surface area (Å²) in [6.07, 6.45) is 13.7. The number of rotatable bonds is 21. The van der Waals surface area contributed by atoms with E-state index < -0.39 is 22.7 Å². The molecular formula is C52H57N3O11S. The van der Waals surface area contributed by atoms with Crippen LogP contribution in [0.25, 0.3) is 6.08 Å². The first-order valence-corrected chi connectivity index (χ1v) is 24.0. The van der Waals surface area contributed by atoms with Crippen LogP contribution in [0.3, 0.4) is 0 Å². The molecule has 67 heavy (non-hydrogen) atoms. The normalized spacial score (nSPS) is 22.9. The van der Waals surface area contributed by atoms with E-state index in [1.165, 1.54) is 25.3 Å². The van der Waals surface area contributed by atoms with E-state index in [0.717, 1.165) is 47.3 Å². The molecular weight excluding hydrogens is 875 g/mol. The van der Waals surface area contributed by atoms with Crippen molar-refractivity contribution in [2.75, 3.05) is 40.0 Å². The van der Waals surface area contributed by atoms with Crippen LogP contribution in [0.2, 0.25) is 0 Å². The van der Waals surface area contributed by atoms with Crippen LogP contribution >= 0.6 is 11.8 Å². The van der Waals surface area contributed by atoms with Crippen molar-refractivity contribution in [3.8, 4) is 28.7 Å². The number of nitrogens with zero attached hydrogens (tertiary/aromatic N) is 3. The number of allylic oxidation sites excluding steroid dienone is 1. The number of carbonyl (C=O) groups is 1. The average Bonchev–Trinajstić information content (AvgIpc) is 3.82. The summed E-state index contributed by atoms with van der Waals surface area (Å²) in [7, 11) is 1.51. The highest BCUT2D eigenvalue weighted by Crippen LogP contribution is 2.62. The fourth-order valence-electron chi connectivity index (χ4n) is 10.1. The van der Waals surface area contributed by atoms with E-state index in [9.17, 15) is 20.3 Å². The lowest BCUT2D eigenvalue weighted by Crippen LogP contribution is -2.70. The predicted octanol–water partition coefficient (Wildman–Crippen LogP) is 9.84. The minimum Gasteiger partial charge on any atom is -0.459 e. The number of amides is 1. The molecule has 1 fully saturated rings. The Labute approximate surface area is 395 Å². The number of thioether (sulfide) groups is 1. The van der Waals surface area contributed by atoms with Gasteiger partial charge < -0.3 is 43.6 Å². The number of aliphatic hydroxyl groups is 2. The molecule has 14 nitrogen and oxygen atoms in total. The number of hydrogen-bond acceptors (Lipinski definition) is 13. The molecule has 0 saturated heterocycles. The molecule has 4 aromatic carbocycles. The zero-order valence-electron chi connectivity index (χ0n) is 37.8. The first kappa shape index (κ1) is 47.4. The minimum atomic E-state index is -1.51. The zero-order valence-corrected chi connectivity index (χ0v) is 38.6. The first-order chi connectivity index (χ1) is 32.7. The maximum absolute atomic E-state index is 15.2. The van der Waals surface area contributed by atoms with Crippen LogP contribution in [0.5, 0.6) is 28.7 Å². The molecule has 2 N–H and O–H groups in total. The van der Waals surface area contributed by atoms with Crippen molar-refractivity contribution in [2.24, 2.45) is 22.9 Å². The molecule has 0 radical (unpaired) electrons. The molecule has 2 heterocycles. The van der Waals surface area contributed by atoms with Crippen molar-refractivity contribution in [1.29, 1.82) is 0 Å². The summed E-state index contributed by atoms with van der Waals surface area (Å²) >= 11 is 1.66. The molecule has 2 aliphatic heterocycles. The monoisotopic (exact) mass is 931 g/mol. The molecule has 4 aliphatic rings. The van der Waals surface area contributed by atoms with E-state index >= 15 is 4.79 Å². The van der Waals surface area contributed by atoms with Crippen LogP contribution < -0.4 is 18.9 Å². The Balaban J connectivity index is 1.31. The maximum atomic E-state index is 15.2. The second kappa shape index (κ2) is 21.7. The Morgan fingerprint density at radius 1 is 0.955 bits per heavy atom. The Morgan fingerprint density at radius 3 is 2.40 bits per heavy atom. The predicted molar refractivity (Wildman–Crippen MR) is 256 cm³/mol. The van der Waals surface area contributed by atoms with Crippen molar-refractivity contribution in [3.05, 3.63) is 142 Å². The molecule has 0 spiro atoms. The van der Waals surface area contributed by atoms with Crippen LogP contribution in [0, 0.1) is 27.9 Å². The summed E-state index contributed by atoms with van der Waals surface area (Å²) in [6.45, 7) is 4.47. The number of hydrogen-bond donors (Lipinski definition) is 2. The maximum Gasteiger partial charge on any atom is 0.269 e. The standard InChI is InChI=1S/C52H57N3O11S/c1-4-27-64-52-48(54(32-35-13-22-46-47(28-35)63-33-62-46)49(58)24-14-34-11-15-37(16-12-34)55(59)60)31-44(53-61-2)42-29-36(9-5-7-25-56)41(10-6-8-26-57)50(51(42)52)43-30-39(19-23-45(43)66-52)65-38-17-20-40(67-3)21-18-38/h4,11-24,28-30,36,41,48,50-51,56-57H,1,5-10,25-27,31-33H2,2-3H3. The van der Waals surface area contributed by atoms with Gasteiger partial charge in [0, 0.05) is 60.8 Å². The fraction of sp³-hybridized carbons (Fsp3) is 0.385. The number of fused-ring (bicyclic) bond motifs is 3. The van der Waals surface area contributed by atoms with Gasteiger partial charge in [0.05, 0.1) is 23.2 Å². The lowest BCUT2D eigenvalue weighted by Gasteiger charge is -2.60. The molecule has 352 valence electrons. The number of carbonyl (C=O) groups excluding carboxylic acids is 1. The quantitative estimate of drug-likeness (QED) is 0.0203. The number of nitro groups is 1. The van der Waals surface area contributed by atoms with E-state index in [0.29, 0.717) is 52.9 Å². The largest absolute Gasteiger partial charge is 0.459 e. The first-order valence-electron chi connectivity index (χ1n) is 22.7. The number of benzene rings is 4. The highest BCUT2D eigenvalue weighted by atomic mass is 32.2. The Bertz CT molecular complexity index is 2490. The molecule has 15 heteroatoms. The number of nitro benzene ring substituents is 1. The third-order valence-electron chi connectivity index (χ3n) is 13.1. The van der Waals surface area contributed by atoms with Gasteiger partial charge in [0.15, 0.2) is 11.5 Å². The number of aliphatic hydroxyl groups excluding tert-OH is 2. The van der Waals surface area contributed by atoms with E-state index in [2.05, 4.69) is 18.7 Å². The smallest absolute Gasteiger partial charge is 0.269 e. The third kappa shape index (κ3) is 10.2. The Kier molecular flexibility index (Phi) is 15.3. The van der Waals surface area contributed by atoms with E-state index in [-0.39, 0.29) is 68.9 Å². The molecule has 8 rings (SSSR count). The zero-order chi connectivity index (χ0) is 46.9. The van der Waals surface area contributed by atoms with Crippen molar-refractivity contribution in [1.82, 2.24) is 4.90 Å². The highest BCUT2D eigenvalue weighted by molar-refractivity contribution is 7.98. The van der Waals surface area contributed by atoms with E-state index in [4.69, 9.17) is 33.7 Å². The molecule has 4 aromatic rings. The number of ether oxygens (including phenoxy) is 5. The average molecular weight is 932 g/mol. The van der Waals surface area contributed by atoms with E-state index in [1.54, 1.807) is 40.9 Å². The van der Waals surface area contributed by atoms with Crippen molar-refractivity contribution in [2.45, 2.75) is 74.1 Å². The summed E-state index contributed by atoms with van der Waals surface area (Å²) < 4.78 is 32.5. The van der Waals surface area contributed by atoms with Crippen molar-refractivity contribution >= 4 is 35.1 Å². The van der Waals surface area contributed by atoms with Crippen LogP contribution in [0.1, 0.15) is 67.6 Å². The van der Waals surface area contributed by atoms with Gasteiger partial charge in [-0.05, 0) is 133 Å². The molecule has 6 unspecified atom stereocenters. The second-order valence-electron chi connectivity index (χ2n) is 17.1. The number of oxime groups is 1. The van der Waals surface area contributed by atoms with Gasteiger partial charge in [-0.15, -0.1) is 18.3 Å². The Hall–Kier alpha value is -6.13. The lowest BCUT2D eigenvalue weighted by molar-refractivity contribution is -0.384. The van der Waals surface area contributed by atoms with Gasteiger partial charge in [0.25, 0.3) is 5.69 Å². The van der Waals surface area contributed by atoms with Crippen LogP contribution in [-0.4, -0.2) is 83.5 Å². The highest BCUT2D eigenvalue weighted by Gasteiger charge is 2.65. The minimum absolute atomic E-state index is 0.00653. The van der Waals surface area contributed by atoms with Gasteiger partial charge in [-0.25, -0.2) is 0 Å². The fourth-order valence-corrected chi connectivity index (χ4v) is 10.6. The molecule has 0 aromatic heterocycles. The number of unbranched alkanes of at least 4 members (excludes halogenated alkanes) is 2. The van der Waals surface area contributed by atoms with Crippen molar-refractivity contribution < 1.29 is 48.5 Å². The molecule has 6 atom stereocenters. The summed E-state index contributed by atoms with van der Waals surface area (Å²) in [6, 6.07) is 24.6. The Morgan fingerprint density at radius 2 is 1.69 bits per heavy atom. The summed E-state index contributed by atoms with van der Waals surface area (Å²) in [5, 5.41) is 36.1. The van der Waals surface area contributed by atoms with E-state index in [1.807, 2.05) is 60.9 Å².